The molecule has 3 aromatic rings. The van der Waals surface area contributed by atoms with E-state index in [4.69, 9.17) is 20.3 Å². The summed E-state index contributed by atoms with van der Waals surface area (Å²) in [6.45, 7) is 1.28. The fourth-order valence-electron chi connectivity index (χ4n) is 3.76. The number of nitrogens with one attached hydrogen (secondary N) is 4. The normalized spacial score (nSPS) is 11.8. The molecule has 13 nitrogen and oxygen atoms in total. The predicted molar refractivity (Wildman–Crippen MR) is 139 cm³/mol. The molecular formula is C25H32N6O7. The number of hydrogen-bond donors (Lipinski definition) is 6. The summed E-state index contributed by atoms with van der Waals surface area (Å²) in [4.78, 5) is 58.0. The van der Waals surface area contributed by atoms with E-state index in [-0.39, 0.29) is 37.6 Å². The number of nitrogen functional groups attached to an aromatic ring is 1. The van der Waals surface area contributed by atoms with Crippen LogP contribution < -0.4 is 21.9 Å². The van der Waals surface area contributed by atoms with Gasteiger partial charge in [-0.25, -0.2) is 4.79 Å². The van der Waals surface area contributed by atoms with E-state index in [9.17, 15) is 19.2 Å². The van der Waals surface area contributed by atoms with Crippen LogP contribution in [0.2, 0.25) is 0 Å². The number of carboxylic acid groups (broad SMARTS) is 1. The smallest absolute Gasteiger partial charge is 0.328 e. The van der Waals surface area contributed by atoms with Crippen molar-refractivity contribution < 1.29 is 29.0 Å². The topological polar surface area (TPSA) is 202 Å². The molecule has 2 aromatic heterocycles. The van der Waals surface area contributed by atoms with Crippen molar-refractivity contribution >= 4 is 34.8 Å². The van der Waals surface area contributed by atoms with Crippen LogP contribution in [0.1, 0.15) is 34.3 Å². The number of aromatic nitrogens is 3. The molecule has 1 aromatic carbocycles. The number of carbonyl (C=O) groups is 3. The first kappa shape index (κ1) is 28.3. The average Bonchev–Trinajstić information content (AvgIpc) is 3.30. The molecule has 1 amide bonds. The van der Waals surface area contributed by atoms with Crippen molar-refractivity contribution in [2.24, 2.45) is 0 Å². The number of carboxylic acids is 1. The minimum atomic E-state index is -1.11. The summed E-state index contributed by atoms with van der Waals surface area (Å²) in [6.07, 6.45) is 2.46. The zero-order valence-electron chi connectivity index (χ0n) is 21.0. The van der Waals surface area contributed by atoms with Crippen LogP contribution in [0, 0.1) is 0 Å². The zero-order chi connectivity index (χ0) is 27.5. The number of carbonyl (C=O) groups excluding carboxylic acids is 2. The third-order valence-corrected chi connectivity index (χ3v) is 5.75. The van der Waals surface area contributed by atoms with Crippen LogP contribution in [-0.2, 0) is 31.9 Å². The molecule has 2 heterocycles. The monoisotopic (exact) mass is 528 g/mol. The number of ether oxygens (including phenoxy) is 2. The maximum Gasteiger partial charge on any atom is 0.328 e. The van der Waals surface area contributed by atoms with Gasteiger partial charge in [0.2, 0.25) is 5.95 Å². The van der Waals surface area contributed by atoms with Crippen molar-refractivity contribution in [3.05, 3.63) is 57.5 Å². The van der Waals surface area contributed by atoms with Gasteiger partial charge in [-0.2, -0.15) is 4.98 Å². The van der Waals surface area contributed by atoms with E-state index >= 15 is 0 Å². The first-order valence-corrected chi connectivity index (χ1v) is 12.1. The third kappa shape index (κ3) is 8.15. The quantitative estimate of drug-likeness (QED) is 0.118. The van der Waals surface area contributed by atoms with Crippen molar-refractivity contribution in [2.75, 3.05) is 39.1 Å². The predicted octanol–water partition coefficient (Wildman–Crippen LogP) is 0.361. The van der Waals surface area contributed by atoms with E-state index in [2.05, 4.69) is 25.6 Å². The molecule has 3 rings (SSSR count). The van der Waals surface area contributed by atoms with Crippen LogP contribution in [0.25, 0.3) is 11.0 Å². The Hall–Kier alpha value is -4.23. The number of amides is 1. The van der Waals surface area contributed by atoms with E-state index in [1.54, 1.807) is 37.5 Å². The molecule has 0 aliphatic heterocycles. The van der Waals surface area contributed by atoms with Gasteiger partial charge < -0.3 is 35.9 Å². The zero-order valence-corrected chi connectivity index (χ0v) is 21.0. The van der Waals surface area contributed by atoms with Gasteiger partial charge in [-0.05, 0) is 49.6 Å². The van der Waals surface area contributed by atoms with Crippen LogP contribution in [0.4, 0.5) is 5.95 Å². The Balaban J connectivity index is 1.56. The minimum absolute atomic E-state index is 0.0115. The molecule has 0 fully saturated rings. The number of hydrogen-bond acceptors (Lipinski definition) is 9. The van der Waals surface area contributed by atoms with Gasteiger partial charge in [-0.15, -0.1) is 0 Å². The highest BCUT2D eigenvalue weighted by Gasteiger charge is 2.24. The fourth-order valence-corrected chi connectivity index (χ4v) is 3.76. The maximum absolute atomic E-state index is 12.8. The Morgan fingerprint density at radius 3 is 2.61 bits per heavy atom. The summed E-state index contributed by atoms with van der Waals surface area (Å²) in [5.74, 6) is -2.30. The SMILES string of the molecule is CNCCOCCOC(=O)C(CCC(=O)O)NC(=O)c1ccc(CCc2c[nH]c3nc(N)[nH]c(=O)c23)cc1. The first-order valence-electron chi connectivity index (χ1n) is 12.1. The summed E-state index contributed by atoms with van der Waals surface area (Å²) in [7, 11) is 1.79. The Bertz CT molecular complexity index is 1300. The molecule has 7 N–H and O–H groups in total. The van der Waals surface area contributed by atoms with Crippen LogP contribution in [0.15, 0.2) is 35.3 Å². The first-order chi connectivity index (χ1) is 18.3. The number of benzene rings is 1. The average molecular weight is 529 g/mol. The number of likely N-dealkylation sites (N-methyl/N-ethyl adjacent to an activating group) is 1. The molecular weight excluding hydrogens is 496 g/mol. The molecule has 13 heteroatoms. The van der Waals surface area contributed by atoms with Crippen LogP contribution in [0.3, 0.4) is 0 Å². The van der Waals surface area contributed by atoms with Gasteiger partial charge in [0.25, 0.3) is 11.5 Å². The second-order valence-corrected chi connectivity index (χ2v) is 8.53. The molecule has 0 radical (unpaired) electrons. The van der Waals surface area contributed by atoms with E-state index in [0.717, 1.165) is 11.1 Å². The highest BCUT2D eigenvalue weighted by Crippen LogP contribution is 2.16. The van der Waals surface area contributed by atoms with Gasteiger partial charge >= 0.3 is 11.9 Å². The van der Waals surface area contributed by atoms with E-state index < -0.39 is 23.9 Å². The minimum Gasteiger partial charge on any atom is -0.481 e. The second kappa shape index (κ2) is 13.9. The van der Waals surface area contributed by atoms with Gasteiger partial charge in [-0.1, -0.05) is 12.1 Å². The highest BCUT2D eigenvalue weighted by molar-refractivity contribution is 5.96. The van der Waals surface area contributed by atoms with E-state index in [1.165, 1.54) is 0 Å². The van der Waals surface area contributed by atoms with E-state index in [1.807, 2.05) is 0 Å². The van der Waals surface area contributed by atoms with Crippen molar-refractivity contribution in [1.29, 1.82) is 0 Å². The lowest BCUT2D eigenvalue weighted by Gasteiger charge is -2.17. The van der Waals surface area contributed by atoms with E-state index in [0.29, 0.717) is 42.6 Å². The lowest BCUT2D eigenvalue weighted by molar-refractivity contribution is -0.148. The van der Waals surface area contributed by atoms with Crippen molar-refractivity contribution in [1.82, 2.24) is 25.6 Å². The largest absolute Gasteiger partial charge is 0.481 e. The van der Waals surface area contributed by atoms with Gasteiger partial charge in [0.05, 0.1) is 18.6 Å². The van der Waals surface area contributed by atoms with Gasteiger partial charge in [-0.3, -0.25) is 19.4 Å². The van der Waals surface area contributed by atoms with Crippen LogP contribution in [-0.4, -0.2) is 77.4 Å². The molecule has 0 saturated heterocycles. The molecule has 38 heavy (non-hydrogen) atoms. The Labute approximate surface area is 218 Å². The molecule has 204 valence electrons. The lowest BCUT2D eigenvalue weighted by atomic mass is 10.0. The number of nitrogens with two attached hydrogens (primary N) is 1. The van der Waals surface area contributed by atoms with Crippen LogP contribution >= 0.6 is 0 Å². The lowest BCUT2D eigenvalue weighted by Crippen LogP contribution is -2.42. The summed E-state index contributed by atoms with van der Waals surface area (Å²) in [5, 5.41) is 15.0. The van der Waals surface area contributed by atoms with Gasteiger partial charge in [0, 0.05) is 24.7 Å². The summed E-state index contributed by atoms with van der Waals surface area (Å²) < 4.78 is 10.4. The van der Waals surface area contributed by atoms with Crippen molar-refractivity contribution in [3.8, 4) is 0 Å². The van der Waals surface area contributed by atoms with Crippen LogP contribution in [0.5, 0.6) is 0 Å². The summed E-state index contributed by atoms with van der Waals surface area (Å²) >= 11 is 0. The fraction of sp³-hybridized carbons (Fsp3) is 0.400. The number of aromatic amines is 2. The van der Waals surface area contributed by atoms with Crippen molar-refractivity contribution in [2.45, 2.75) is 31.7 Å². The standard InChI is InChI=1S/C25H32N6O7/c1-27-10-11-37-12-13-38-24(36)18(8-9-19(32)33)29-22(34)16-5-2-15(3-6-16)4-7-17-14-28-21-20(17)23(35)31-25(26)30-21/h2-3,5-6,14,18,27H,4,7-13H2,1H3,(H,29,34)(H,32,33)(H4,26,28,30,31,35). The number of aliphatic carboxylic acids is 1. The number of rotatable bonds is 15. The molecule has 0 bridgehead atoms. The maximum atomic E-state index is 12.8. The molecule has 0 aliphatic carbocycles. The number of anilines is 1. The Morgan fingerprint density at radius 2 is 1.89 bits per heavy atom. The van der Waals surface area contributed by atoms with Gasteiger partial charge in [0.15, 0.2) is 0 Å². The molecule has 0 aliphatic rings. The van der Waals surface area contributed by atoms with Crippen molar-refractivity contribution in [3.63, 3.8) is 0 Å². The number of esters is 1. The Kier molecular flexibility index (Phi) is 10.4. The molecule has 0 spiro atoms. The third-order valence-electron chi connectivity index (χ3n) is 5.75. The number of aryl methyl sites for hydroxylation is 2. The molecule has 1 atom stereocenters. The molecule has 1 unspecified atom stereocenters. The number of fused-ring (bicyclic) bond motifs is 1. The number of nitrogens with zero attached hydrogens (tertiary/aromatic N) is 1. The summed E-state index contributed by atoms with van der Waals surface area (Å²) in [5.41, 5.74) is 7.71. The van der Waals surface area contributed by atoms with Gasteiger partial charge in [0.1, 0.15) is 18.3 Å². The summed E-state index contributed by atoms with van der Waals surface area (Å²) in [6, 6.07) is 5.67. The second-order valence-electron chi connectivity index (χ2n) is 8.53. The number of H-pyrrole nitrogens is 2. The Morgan fingerprint density at radius 1 is 1.13 bits per heavy atom. The highest BCUT2D eigenvalue weighted by atomic mass is 16.6. The molecule has 0 saturated carbocycles.